The van der Waals surface area contributed by atoms with Crippen LogP contribution in [0.1, 0.15) is 21.9 Å². The highest BCUT2D eigenvalue weighted by atomic mass is 16.1. The number of nitrogens with zero attached hydrogens (tertiary/aromatic N) is 2. The third-order valence-corrected chi connectivity index (χ3v) is 1.30. The lowest BCUT2D eigenvalue weighted by molar-refractivity contribution is 0.0994. The van der Waals surface area contributed by atoms with Gasteiger partial charge in [-0.15, -0.1) is 0 Å². The first kappa shape index (κ1) is 11.5. The van der Waals surface area contributed by atoms with Gasteiger partial charge in [-0.2, -0.15) is 0 Å². The molecule has 0 aromatic carbocycles. The molecule has 0 aliphatic carbocycles. The van der Waals surface area contributed by atoms with Crippen molar-refractivity contribution in [2.45, 2.75) is 13.8 Å². The fraction of sp³-hybridized carbons (Fsp3) is 0.286. The van der Waals surface area contributed by atoms with Crippen LogP contribution in [0.4, 0.5) is 0 Å². The molecule has 6 nitrogen and oxygen atoms in total. The van der Waals surface area contributed by atoms with E-state index in [1.54, 1.807) is 6.92 Å². The molecule has 1 amide bonds. The molecular weight excluding hydrogens is 170 g/mol. The van der Waals surface area contributed by atoms with Crippen LogP contribution in [0.25, 0.3) is 0 Å². The molecule has 0 bridgehead atoms. The average molecular weight is 183 g/mol. The molecular formula is C7H13N5O. The lowest BCUT2D eigenvalue weighted by Gasteiger charge is -1.98. The standard InChI is InChI=1S/C7H9N3O.H4N2/c1-4-3-9-6(7(8)11)5(2)10-4;1-2/h3H,1-2H3,(H2,8,11);1-2H2. The van der Waals surface area contributed by atoms with Crippen molar-refractivity contribution in [3.8, 4) is 0 Å². The van der Waals surface area contributed by atoms with Crippen LogP contribution in [-0.4, -0.2) is 15.9 Å². The molecule has 6 N–H and O–H groups in total. The number of hydrazine groups is 1. The van der Waals surface area contributed by atoms with Crippen molar-refractivity contribution in [3.63, 3.8) is 0 Å². The van der Waals surface area contributed by atoms with Gasteiger partial charge in [0, 0.05) is 6.20 Å². The Morgan fingerprint density at radius 3 is 2.31 bits per heavy atom. The molecule has 0 saturated carbocycles. The highest BCUT2D eigenvalue weighted by molar-refractivity contribution is 5.91. The fourth-order valence-corrected chi connectivity index (χ4v) is 0.840. The number of carbonyl (C=O) groups excluding carboxylic acids is 1. The Morgan fingerprint density at radius 2 is 1.92 bits per heavy atom. The topological polar surface area (TPSA) is 121 Å². The van der Waals surface area contributed by atoms with Gasteiger partial charge in [0.15, 0.2) is 0 Å². The number of aromatic nitrogens is 2. The number of hydrogen-bond acceptors (Lipinski definition) is 5. The van der Waals surface area contributed by atoms with Crippen LogP contribution in [0, 0.1) is 13.8 Å². The number of amides is 1. The van der Waals surface area contributed by atoms with Crippen molar-refractivity contribution in [3.05, 3.63) is 23.3 Å². The van der Waals surface area contributed by atoms with Gasteiger partial charge in [-0.25, -0.2) is 4.98 Å². The van der Waals surface area contributed by atoms with E-state index in [4.69, 9.17) is 5.73 Å². The van der Waals surface area contributed by atoms with Crippen LogP contribution in [0.15, 0.2) is 6.20 Å². The zero-order valence-corrected chi connectivity index (χ0v) is 7.61. The predicted molar refractivity (Wildman–Crippen MR) is 48.4 cm³/mol. The highest BCUT2D eigenvalue weighted by Gasteiger charge is 2.06. The van der Waals surface area contributed by atoms with Crippen molar-refractivity contribution in [2.75, 3.05) is 0 Å². The van der Waals surface area contributed by atoms with Crippen LogP contribution in [0.2, 0.25) is 0 Å². The minimum atomic E-state index is -0.532. The van der Waals surface area contributed by atoms with Gasteiger partial charge >= 0.3 is 0 Å². The van der Waals surface area contributed by atoms with E-state index in [0.717, 1.165) is 5.69 Å². The van der Waals surface area contributed by atoms with Gasteiger partial charge in [-0.05, 0) is 13.8 Å². The molecule has 0 radical (unpaired) electrons. The first-order valence-electron chi connectivity index (χ1n) is 3.54. The molecule has 0 fully saturated rings. The Labute approximate surface area is 76.1 Å². The Hall–Kier alpha value is -1.53. The summed E-state index contributed by atoms with van der Waals surface area (Å²) < 4.78 is 0. The summed E-state index contributed by atoms with van der Waals surface area (Å²) in [5, 5.41) is 0. The molecule has 1 aromatic heterocycles. The zero-order chi connectivity index (χ0) is 10.4. The van der Waals surface area contributed by atoms with Crippen molar-refractivity contribution in [1.29, 1.82) is 0 Å². The summed E-state index contributed by atoms with van der Waals surface area (Å²) >= 11 is 0. The Balaban J connectivity index is 0.000000671. The molecule has 0 atom stereocenters. The summed E-state index contributed by atoms with van der Waals surface area (Å²) in [7, 11) is 0. The Bertz CT molecular complexity index is 299. The SMILES string of the molecule is Cc1cnc(C(N)=O)c(C)n1.NN. The molecule has 72 valence electrons. The van der Waals surface area contributed by atoms with E-state index in [9.17, 15) is 4.79 Å². The van der Waals surface area contributed by atoms with E-state index in [1.807, 2.05) is 6.92 Å². The van der Waals surface area contributed by atoms with Gasteiger partial charge in [0.2, 0.25) is 0 Å². The van der Waals surface area contributed by atoms with Crippen molar-refractivity contribution in [1.82, 2.24) is 9.97 Å². The normalized spacial score (nSPS) is 8.62. The van der Waals surface area contributed by atoms with Gasteiger partial charge in [-0.3, -0.25) is 21.5 Å². The maximum Gasteiger partial charge on any atom is 0.269 e. The third-order valence-electron chi connectivity index (χ3n) is 1.30. The second-order valence-electron chi connectivity index (χ2n) is 2.31. The Kier molecular flexibility index (Phi) is 4.57. The first-order chi connectivity index (χ1) is 6.11. The van der Waals surface area contributed by atoms with Gasteiger partial charge in [0.25, 0.3) is 5.91 Å². The summed E-state index contributed by atoms with van der Waals surface area (Å²) in [5.74, 6) is 7.47. The second kappa shape index (κ2) is 5.18. The summed E-state index contributed by atoms with van der Waals surface area (Å²) in [4.78, 5) is 18.5. The molecule has 0 aliphatic heterocycles. The van der Waals surface area contributed by atoms with E-state index in [1.165, 1.54) is 6.20 Å². The van der Waals surface area contributed by atoms with Crippen LogP contribution in [0.5, 0.6) is 0 Å². The quantitative estimate of drug-likeness (QED) is 0.381. The molecule has 0 saturated heterocycles. The summed E-state index contributed by atoms with van der Waals surface area (Å²) in [6, 6.07) is 0. The minimum Gasteiger partial charge on any atom is -0.364 e. The fourth-order valence-electron chi connectivity index (χ4n) is 0.840. The molecule has 0 spiro atoms. The number of aryl methyl sites for hydroxylation is 2. The van der Waals surface area contributed by atoms with E-state index in [-0.39, 0.29) is 5.69 Å². The monoisotopic (exact) mass is 183 g/mol. The maximum atomic E-state index is 10.7. The van der Waals surface area contributed by atoms with E-state index >= 15 is 0 Å². The van der Waals surface area contributed by atoms with Crippen LogP contribution in [-0.2, 0) is 0 Å². The third kappa shape index (κ3) is 3.14. The van der Waals surface area contributed by atoms with Crippen LogP contribution in [0.3, 0.4) is 0 Å². The van der Waals surface area contributed by atoms with Crippen molar-refractivity contribution in [2.24, 2.45) is 17.4 Å². The molecule has 0 aliphatic rings. The smallest absolute Gasteiger partial charge is 0.269 e. The largest absolute Gasteiger partial charge is 0.364 e. The van der Waals surface area contributed by atoms with Gasteiger partial charge in [0.1, 0.15) is 5.69 Å². The average Bonchev–Trinajstić information content (AvgIpc) is 2.07. The van der Waals surface area contributed by atoms with Crippen LogP contribution >= 0.6 is 0 Å². The van der Waals surface area contributed by atoms with Gasteiger partial charge < -0.3 is 5.73 Å². The van der Waals surface area contributed by atoms with Crippen LogP contribution < -0.4 is 17.4 Å². The molecule has 1 aromatic rings. The van der Waals surface area contributed by atoms with E-state index in [2.05, 4.69) is 21.7 Å². The van der Waals surface area contributed by atoms with Gasteiger partial charge in [0.05, 0.1) is 11.4 Å². The molecule has 1 rings (SSSR count). The highest BCUT2D eigenvalue weighted by Crippen LogP contribution is 2.00. The predicted octanol–water partition coefficient (Wildman–Crippen LogP) is -0.989. The first-order valence-corrected chi connectivity index (χ1v) is 3.54. The molecule has 6 heteroatoms. The lowest BCUT2D eigenvalue weighted by Crippen LogP contribution is -2.15. The van der Waals surface area contributed by atoms with Crippen molar-refractivity contribution >= 4 is 5.91 Å². The number of carbonyl (C=O) groups is 1. The lowest BCUT2D eigenvalue weighted by atomic mass is 10.3. The number of rotatable bonds is 1. The molecule has 0 unspecified atom stereocenters. The maximum absolute atomic E-state index is 10.7. The minimum absolute atomic E-state index is 0.246. The second-order valence-corrected chi connectivity index (χ2v) is 2.31. The number of primary amides is 1. The number of hydrogen-bond donors (Lipinski definition) is 3. The van der Waals surface area contributed by atoms with Gasteiger partial charge in [-0.1, -0.05) is 0 Å². The molecule has 13 heavy (non-hydrogen) atoms. The summed E-state index contributed by atoms with van der Waals surface area (Å²) in [6.07, 6.45) is 1.52. The molecule has 1 heterocycles. The number of nitrogens with two attached hydrogens (primary N) is 3. The van der Waals surface area contributed by atoms with E-state index in [0.29, 0.717) is 5.69 Å². The zero-order valence-electron chi connectivity index (χ0n) is 7.61. The summed E-state index contributed by atoms with van der Waals surface area (Å²) in [5.41, 5.74) is 6.63. The van der Waals surface area contributed by atoms with E-state index < -0.39 is 5.91 Å². The summed E-state index contributed by atoms with van der Waals surface area (Å²) in [6.45, 7) is 3.52. The Morgan fingerprint density at radius 1 is 1.38 bits per heavy atom. The van der Waals surface area contributed by atoms with Crippen molar-refractivity contribution < 1.29 is 4.79 Å².